The van der Waals surface area contributed by atoms with Crippen molar-refractivity contribution in [1.82, 2.24) is 9.80 Å². The molecule has 1 heterocycles. The van der Waals surface area contributed by atoms with E-state index in [0.717, 1.165) is 44.0 Å². The quantitative estimate of drug-likeness (QED) is 0.869. The number of para-hydroxylation sites is 1. The van der Waals surface area contributed by atoms with Crippen molar-refractivity contribution in [3.63, 3.8) is 0 Å². The van der Waals surface area contributed by atoms with E-state index in [2.05, 4.69) is 10.2 Å². The number of rotatable bonds is 6. The van der Waals surface area contributed by atoms with Crippen LogP contribution in [0.3, 0.4) is 0 Å². The predicted octanol–water partition coefficient (Wildman–Crippen LogP) is 2.40. The van der Waals surface area contributed by atoms with Gasteiger partial charge in [0, 0.05) is 44.8 Å². The van der Waals surface area contributed by atoms with Gasteiger partial charge in [-0.25, -0.2) is 0 Å². The van der Waals surface area contributed by atoms with Gasteiger partial charge in [-0.2, -0.15) is 0 Å². The lowest BCUT2D eigenvalue weighted by molar-refractivity contribution is -0.132. The first-order chi connectivity index (χ1) is 12.7. The zero-order valence-electron chi connectivity index (χ0n) is 14.9. The van der Waals surface area contributed by atoms with Crippen LogP contribution in [-0.4, -0.2) is 54.3 Å². The number of amides is 2. The van der Waals surface area contributed by atoms with Crippen LogP contribution in [0.15, 0.2) is 60.7 Å². The lowest BCUT2D eigenvalue weighted by atomic mass is 10.1. The fourth-order valence-electron chi connectivity index (χ4n) is 3.11. The highest BCUT2D eigenvalue weighted by Gasteiger charge is 2.21. The van der Waals surface area contributed by atoms with E-state index in [1.54, 1.807) is 0 Å². The molecule has 1 aliphatic heterocycles. The van der Waals surface area contributed by atoms with Gasteiger partial charge >= 0.3 is 0 Å². The Morgan fingerprint density at radius 1 is 0.846 bits per heavy atom. The second kappa shape index (κ2) is 9.15. The predicted molar refractivity (Wildman–Crippen MR) is 103 cm³/mol. The molecule has 1 fully saturated rings. The van der Waals surface area contributed by atoms with Crippen molar-refractivity contribution in [2.45, 2.75) is 12.8 Å². The van der Waals surface area contributed by atoms with E-state index < -0.39 is 0 Å². The maximum atomic E-state index is 12.4. The maximum absolute atomic E-state index is 12.4. The van der Waals surface area contributed by atoms with Crippen LogP contribution in [0.1, 0.15) is 12.0 Å². The molecule has 2 amide bonds. The smallest absolute Gasteiger partial charge is 0.227 e. The molecule has 0 bridgehead atoms. The van der Waals surface area contributed by atoms with E-state index >= 15 is 0 Å². The Bertz CT molecular complexity index is 711. The van der Waals surface area contributed by atoms with E-state index in [0.29, 0.717) is 12.8 Å². The van der Waals surface area contributed by atoms with Crippen LogP contribution >= 0.6 is 0 Å². The fraction of sp³-hybridized carbons (Fsp3) is 0.333. The first-order valence-electron chi connectivity index (χ1n) is 9.10. The van der Waals surface area contributed by atoms with Gasteiger partial charge in [0.05, 0.1) is 6.42 Å². The van der Waals surface area contributed by atoms with Crippen molar-refractivity contribution in [3.8, 4) is 0 Å². The molecule has 26 heavy (non-hydrogen) atoms. The van der Waals surface area contributed by atoms with Gasteiger partial charge < -0.3 is 10.2 Å². The van der Waals surface area contributed by atoms with E-state index in [-0.39, 0.29) is 11.8 Å². The van der Waals surface area contributed by atoms with Crippen molar-refractivity contribution in [3.05, 3.63) is 66.2 Å². The molecule has 0 spiro atoms. The zero-order valence-corrected chi connectivity index (χ0v) is 14.9. The van der Waals surface area contributed by atoms with E-state index in [1.165, 1.54) is 0 Å². The number of nitrogens with one attached hydrogen (secondary N) is 1. The summed E-state index contributed by atoms with van der Waals surface area (Å²) in [5.41, 5.74) is 1.88. The molecular formula is C21H25N3O2. The largest absolute Gasteiger partial charge is 0.340 e. The fourth-order valence-corrected chi connectivity index (χ4v) is 3.11. The molecule has 0 aromatic heterocycles. The Labute approximate surface area is 154 Å². The van der Waals surface area contributed by atoms with Crippen molar-refractivity contribution < 1.29 is 9.59 Å². The number of hydrogen-bond acceptors (Lipinski definition) is 3. The maximum Gasteiger partial charge on any atom is 0.227 e. The van der Waals surface area contributed by atoms with Crippen LogP contribution in [-0.2, 0) is 16.0 Å². The molecule has 0 aliphatic carbocycles. The highest BCUT2D eigenvalue weighted by atomic mass is 16.2. The molecular weight excluding hydrogens is 326 g/mol. The minimum Gasteiger partial charge on any atom is -0.340 e. The monoisotopic (exact) mass is 351 g/mol. The van der Waals surface area contributed by atoms with Gasteiger partial charge in [-0.15, -0.1) is 0 Å². The molecule has 0 saturated carbocycles. The standard InChI is InChI=1S/C21H25N3O2/c25-20(22-19-9-5-2-6-10-19)11-12-23-13-15-24(16-14-23)21(26)17-18-7-3-1-4-8-18/h1-10H,11-17H2,(H,22,25). The Morgan fingerprint density at radius 2 is 1.46 bits per heavy atom. The number of anilines is 1. The Balaban J connectivity index is 1.37. The minimum atomic E-state index is 0.0267. The molecule has 1 aliphatic rings. The summed E-state index contributed by atoms with van der Waals surface area (Å²) in [6.45, 7) is 3.82. The van der Waals surface area contributed by atoms with E-state index in [4.69, 9.17) is 0 Å². The summed E-state index contributed by atoms with van der Waals surface area (Å²) < 4.78 is 0. The third kappa shape index (κ3) is 5.43. The van der Waals surface area contributed by atoms with Crippen molar-refractivity contribution in [1.29, 1.82) is 0 Å². The summed E-state index contributed by atoms with van der Waals surface area (Å²) in [6.07, 6.45) is 0.924. The lowest BCUT2D eigenvalue weighted by Crippen LogP contribution is -2.49. The molecule has 0 atom stereocenters. The second-order valence-electron chi connectivity index (χ2n) is 6.55. The normalized spacial score (nSPS) is 14.8. The average molecular weight is 351 g/mol. The second-order valence-corrected chi connectivity index (χ2v) is 6.55. The lowest BCUT2D eigenvalue weighted by Gasteiger charge is -2.34. The van der Waals surface area contributed by atoms with Gasteiger partial charge in [-0.05, 0) is 17.7 Å². The summed E-state index contributed by atoms with van der Waals surface area (Å²) >= 11 is 0. The number of carbonyl (C=O) groups is 2. The average Bonchev–Trinajstić information content (AvgIpc) is 2.68. The molecule has 2 aromatic rings. The molecule has 3 rings (SSSR count). The summed E-state index contributed by atoms with van der Waals surface area (Å²) in [5, 5.41) is 2.91. The summed E-state index contributed by atoms with van der Waals surface area (Å²) in [7, 11) is 0. The van der Waals surface area contributed by atoms with Gasteiger partial charge in [0.2, 0.25) is 11.8 Å². The number of hydrogen-bond donors (Lipinski definition) is 1. The Kier molecular flexibility index (Phi) is 6.39. The Morgan fingerprint density at radius 3 is 2.12 bits per heavy atom. The topological polar surface area (TPSA) is 52.7 Å². The molecule has 0 radical (unpaired) electrons. The van der Waals surface area contributed by atoms with Crippen LogP contribution in [0.4, 0.5) is 5.69 Å². The number of benzene rings is 2. The van der Waals surface area contributed by atoms with Crippen LogP contribution in [0.5, 0.6) is 0 Å². The van der Waals surface area contributed by atoms with Crippen molar-refractivity contribution in [2.24, 2.45) is 0 Å². The van der Waals surface area contributed by atoms with Crippen LogP contribution in [0.25, 0.3) is 0 Å². The Hall–Kier alpha value is -2.66. The van der Waals surface area contributed by atoms with Gasteiger partial charge in [0.25, 0.3) is 0 Å². The van der Waals surface area contributed by atoms with Gasteiger partial charge in [0.15, 0.2) is 0 Å². The first-order valence-corrected chi connectivity index (χ1v) is 9.10. The number of piperazine rings is 1. The van der Waals surface area contributed by atoms with Crippen LogP contribution in [0, 0.1) is 0 Å². The van der Waals surface area contributed by atoms with Crippen LogP contribution < -0.4 is 5.32 Å². The molecule has 136 valence electrons. The van der Waals surface area contributed by atoms with Gasteiger partial charge in [-0.3, -0.25) is 14.5 Å². The highest BCUT2D eigenvalue weighted by Crippen LogP contribution is 2.09. The van der Waals surface area contributed by atoms with Gasteiger partial charge in [0.1, 0.15) is 0 Å². The summed E-state index contributed by atoms with van der Waals surface area (Å²) in [4.78, 5) is 28.6. The molecule has 2 aromatic carbocycles. The highest BCUT2D eigenvalue weighted by molar-refractivity contribution is 5.90. The SMILES string of the molecule is O=C(CCN1CCN(C(=O)Cc2ccccc2)CC1)Nc1ccccc1. The van der Waals surface area contributed by atoms with E-state index in [9.17, 15) is 9.59 Å². The molecule has 5 heteroatoms. The van der Waals surface area contributed by atoms with E-state index in [1.807, 2.05) is 65.6 Å². The van der Waals surface area contributed by atoms with Gasteiger partial charge in [-0.1, -0.05) is 48.5 Å². The van der Waals surface area contributed by atoms with Crippen molar-refractivity contribution >= 4 is 17.5 Å². The third-order valence-electron chi connectivity index (χ3n) is 4.64. The van der Waals surface area contributed by atoms with Crippen LogP contribution in [0.2, 0.25) is 0 Å². The first kappa shape index (κ1) is 18.1. The molecule has 1 N–H and O–H groups in total. The molecule has 0 unspecified atom stereocenters. The number of carbonyl (C=O) groups excluding carboxylic acids is 2. The minimum absolute atomic E-state index is 0.0267. The summed E-state index contributed by atoms with van der Waals surface area (Å²) in [6, 6.07) is 19.3. The molecule has 5 nitrogen and oxygen atoms in total. The number of nitrogens with zero attached hydrogens (tertiary/aromatic N) is 2. The zero-order chi connectivity index (χ0) is 18.2. The summed E-state index contributed by atoms with van der Waals surface area (Å²) in [5.74, 6) is 0.205. The van der Waals surface area contributed by atoms with Crippen molar-refractivity contribution in [2.75, 3.05) is 38.0 Å². The third-order valence-corrected chi connectivity index (χ3v) is 4.64. The molecule has 1 saturated heterocycles.